The first-order valence-corrected chi connectivity index (χ1v) is 8.27. The Morgan fingerprint density at radius 2 is 1.61 bits per heavy atom. The van der Waals surface area contributed by atoms with Gasteiger partial charge in [-0.1, -0.05) is 19.1 Å². The first-order valence-electron chi connectivity index (χ1n) is 8.27. The monoisotopic (exact) mass is 382 g/mol. The minimum absolute atomic E-state index is 0.0243. The maximum atomic E-state index is 13.1. The van der Waals surface area contributed by atoms with Crippen molar-refractivity contribution in [1.29, 1.82) is 0 Å². The molecular weight excluding hydrogens is 368 g/mol. The SMILES string of the molecule is CCC(=O)Oc1cc(C(=O)O)cc2c1C(=O)c1c(OC(C)=O)cccc1C2=O. The molecule has 2 aromatic carbocycles. The van der Waals surface area contributed by atoms with E-state index in [1.54, 1.807) is 0 Å². The number of carboxylic acids is 1. The van der Waals surface area contributed by atoms with E-state index in [0.29, 0.717) is 0 Å². The van der Waals surface area contributed by atoms with E-state index in [1.807, 2.05) is 0 Å². The summed E-state index contributed by atoms with van der Waals surface area (Å²) < 4.78 is 10.2. The van der Waals surface area contributed by atoms with Gasteiger partial charge in [-0.25, -0.2) is 4.79 Å². The van der Waals surface area contributed by atoms with Gasteiger partial charge in [-0.15, -0.1) is 0 Å². The van der Waals surface area contributed by atoms with Crippen LogP contribution in [0, 0.1) is 0 Å². The fraction of sp³-hybridized carbons (Fsp3) is 0.150. The van der Waals surface area contributed by atoms with E-state index in [0.717, 1.165) is 19.1 Å². The normalized spacial score (nSPS) is 12.1. The summed E-state index contributed by atoms with van der Waals surface area (Å²) in [4.78, 5) is 60.6. The van der Waals surface area contributed by atoms with Gasteiger partial charge in [-0.05, 0) is 18.2 Å². The average Bonchev–Trinajstić information content (AvgIpc) is 2.64. The fourth-order valence-corrected chi connectivity index (χ4v) is 2.89. The summed E-state index contributed by atoms with van der Waals surface area (Å²) in [6, 6.07) is 6.24. The van der Waals surface area contributed by atoms with Crippen molar-refractivity contribution in [3.05, 3.63) is 58.1 Å². The van der Waals surface area contributed by atoms with E-state index < -0.39 is 29.5 Å². The number of ether oxygens (including phenoxy) is 2. The van der Waals surface area contributed by atoms with Crippen LogP contribution in [0.5, 0.6) is 11.5 Å². The maximum absolute atomic E-state index is 13.1. The third-order valence-corrected chi connectivity index (χ3v) is 4.08. The first-order chi connectivity index (χ1) is 13.2. The molecule has 0 amide bonds. The zero-order valence-corrected chi connectivity index (χ0v) is 14.9. The third-order valence-electron chi connectivity index (χ3n) is 4.08. The second kappa shape index (κ2) is 7.07. The minimum Gasteiger partial charge on any atom is -0.478 e. The van der Waals surface area contributed by atoms with E-state index in [2.05, 4.69) is 0 Å². The Kier molecular flexibility index (Phi) is 4.79. The van der Waals surface area contributed by atoms with Gasteiger partial charge in [0, 0.05) is 24.5 Å². The van der Waals surface area contributed by atoms with E-state index in [9.17, 15) is 29.1 Å². The van der Waals surface area contributed by atoms with Crippen molar-refractivity contribution < 1.29 is 38.6 Å². The minimum atomic E-state index is -1.35. The molecule has 2 aromatic rings. The van der Waals surface area contributed by atoms with E-state index in [1.165, 1.54) is 25.1 Å². The van der Waals surface area contributed by atoms with Gasteiger partial charge in [-0.2, -0.15) is 0 Å². The second-order valence-corrected chi connectivity index (χ2v) is 5.96. The van der Waals surface area contributed by atoms with Gasteiger partial charge >= 0.3 is 17.9 Å². The summed E-state index contributed by atoms with van der Waals surface area (Å²) in [6.45, 7) is 2.67. The van der Waals surface area contributed by atoms with Crippen molar-refractivity contribution in [3.63, 3.8) is 0 Å². The van der Waals surface area contributed by atoms with E-state index in [4.69, 9.17) is 9.47 Å². The predicted octanol–water partition coefficient (Wildman–Crippen LogP) is 2.40. The lowest BCUT2D eigenvalue weighted by Crippen LogP contribution is -2.25. The van der Waals surface area contributed by atoms with Crippen LogP contribution in [0.15, 0.2) is 30.3 Å². The number of rotatable bonds is 4. The molecule has 0 saturated carbocycles. The maximum Gasteiger partial charge on any atom is 0.335 e. The van der Waals surface area contributed by atoms with Crippen LogP contribution in [-0.4, -0.2) is 34.6 Å². The summed E-state index contributed by atoms with van der Waals surface area (Å²) >= 11 is 0. The van der Waals surface area contributed by atoms with Crippen molar-refractivity contribution in [2.24, 2.45) is 0 Å². The van der Waals surface area contributed by atoms with E-state index >= 15 is 0 Å². The number of hydrogen-bond donors (Lipinski definition) is 1. The lowest BCUT2D eigenvalue weighted by atomic mass is 9.82. The predicted molar refractivity (Wildman–Crippen MR) is 93.9 cm³/mol. The van der Waals surface area contributed by atoms with Crippen molar-refractivity contribution >= 4 is 29.5 Å². The summed E-state index contributed by atoms with van der Waals surface area (Å²) in [7, 11) is 0. The highest BCUT2D eigenvalue weighted by atomic mass is 16.5. The number of carbonyl (C=O) groups is 5. The molecule has 1 aliphatic rings. The molecule has 0 fully saturated rings. The molecule has 0 radical (unpaired) electrons. The molecular formula is C20H14O8. The van der Waals surface area contributed by atoms with Gasteiger partial charge in [0.15, 0.2) is 5.78 Å². The number of carboxylic acid groups (broad SMARTS) is 1. The number of esters is 2. The second-order valence-electron chi connectivity index (χ2n) is 5.96. The lowest BCUT2D eigenvalue weighted by molar-refractivity contribution is -0.134. The Hall–Kier alpha value is -3.81. The molecule has 1 aliphatic carbocycles. The Morgan fingerprint density at radius 1 is 0.929 bits per heavy atom. The third kappa shape index (κ3) is 3.16. The van der Waals surface area contributed by atoms with Crippen molar-refractivity contribution in [2.75, 3.05) is 0 Å². The van der Waals surface area contributed by atoms with Crippen molar-refractivity contribution in [1.82, 2.24) is 0 Å². The number of carbonyl (C=O) groups excluding carboxylic acids is 4. The van der Waals surface area contributed by atoms with Gasteiger partial charge in [0.25, 0.3) is 0 Å². The van der Waals surface area contributed by atoms with Gasteiger partial charge in [-0.3, -0.25) is 19.2 Å². The van der Waals surface area contributed by atoms with E-state index in [-0.39, 0.29) is 45.7 Å². The smallest absolute Gasteiger partial charge is 0.335 e. The molecule has 8 heteroatoms. The molecule has 0 spiro atoms. The Bertz CT molecular complexity index is 1060. The Balaban J connectivity index is 2.28. The summed E-state index contributed by atoms with van der Waals surface area (Å²) in [6.07, 6.45) is -0.0243. The van der Waals surface area contributed by atoms with Gasteiger partial charge in [0.2, 0.25) is 5.78 Å². The molecule has 142 valence electrons. The van der Waals surface area contributed by atoms with Gasteiger partial charge in [0.1, 0.15) is 11.5 Å². The highest BCUT2D eigenvalue weighted by molar-refractivity contribution is 6.30. The lowest BCUT2D eigenvalue weighted by Gasteiger charge is -2.22. The number of benzene rings is 2. The van der Waals surface area contributed by atoms with Crippen molar-refractivity contribution in [2.45, 2.75) is 20.3 Å². The molecule has 0 aliphatic heterocycles. The summed E-state index contributed by atoms with van der Waals surface area (Å²) in [5, 5.41) is 9.30. The van der Waals surface area contributed by atoms with Crippen LogP contribution in [0.3, 0.4) is 0 Å². The molecule has 28 heavy (non-hydrogen) atoms. The first kappa shape index (κ1) is 19.0. The van der Waals surface area contributed by atoms with Gasteiger partial charge in [0.05, 0.1) is 16.7 Å². The standard InChI is InChI=1S/C20H14O8/c1-3-15(22)28-14-8-10(20(25)26)7-12-17(14)19(24)16-11(18(12)23)5-4-6-13(16)27-9(2)21/h4-8H,3H2,1-2H3,(H,25,26). The van der Waals surface area contributed by atoms with Gasteiger partial charge < -0.3 is 14.6 Å². The van der Waals surface area contributed by atoms with Crippen LogP contribution >= 0.6 is 0 Å². The molecule has 0 bridgehead atoms. The topological polar surface area (TPSA) is 124 Å². The molecule has 0 unspecified atom stereocenters. The Labute approximate surface area is 158 Å². The van der Waals surface area contributed by atoms with Crippen LogP contribution in [0.25, 0.3) is 0 Å². The van der Waals surface area contributed by atoms with Crippen molar-refractivity contribution in [3.8, 4) is 11.5 Å². The molecule has 1 N–H and O–H groups in total. The number of ketones is 2. The van der Waals surface area contributed by atoms with Crippen LogP contribution < -0.4 is 9.47 Å². The number of fused-ring (bicyclic) bond motifs is 2. The largest absolute Gasteiger partial charge is 0.478 e. The van der Waals surface area contributed by atoms with Crippen LogP contribution in [0.4, 0.5) is 0 Å². The molecule has 8 nitrogen and oxygen atoms in total. The zero-order valence-electron chi connectivity index (χ0n) is 14.9. The van der Waals surface area contributed by atoms with Crippen LogP contribution in [0.1, 0.15) is 62.5 Å². The molecule has 0 atom stereocenters. The number of aromatic carboxylic acids is 1. The quantitative estimate of drug-likeness (QED) is 0.539. The zero-order chi connectivity index (χ0) is 20.6. The number of hydrogen-bond acceptors (Lipinski definition) is 7. The molecule has 0 heterocycles. The van der Waals surface area contributed by atoms with Crippen LogP contribution in [-0.2, 0) is 9.59 Å². The molecule has 3 rings (SSSR count). The summed E-state index contributed by atoms with van der Waals surface area (Å²) in [5.74, 6) is -4.53. The highest BCUT2D eigenvalue weighted by Crippen LogP contribution is 2.38. The average molecular weight is 382 g/mol. The molecule has 0 aromatic heterocycles. The Morgan fingerprint density at radius 3 is 2.21 bits per heavy atom. The summed E-state index contributed by atoms with van der Waals surface area (Å²) in [5.41, 5.74) is -0.933. The fourth-order valence-electron chi connectivity index (χ4n) is 2.89. The molecule has 0 saturated heterocycles. The van der Waals surface area contributed by atoms with Crippen LogP contribution in [0.2, 0.25) is 0 Å². The highest BCUT2D eigenvalue weighted by Gasteiger charge is 2.36.